The van der Waals surface area contributed by atoms with Gasteiger partial charge in [0.15, 0.2) is 6.07 Å². The van der Waals surface area contributed by atoms with E-state index in [1.54, 1.807) is 33.0 Å². The molecule has 1 aromatic heterocycles. The number of alkyl carbamates (subject to hydrolysis) is 1. The quantitative estimate of drug-likeness (QED) is 0.636. The van der Waals surface area contributed by atoms with Crippen LogP contribution in [0.3, 0.4) is 0 Å². The first-order valence-corrected chi connectivity index (χ1v) is 6.55. The zero-order valence-electron chi connectivity index (χ0n) is 11.6. The summed E-state index contributed by atoms with van der Waals surface area (Å²) < 4.78 is 9.80. The summed E-state index contributed by atoms with van der Waals surface area (Å²) in [5.74, 6) is -0.638. The minimum absolute atomic E-state index is 0.203. The molecular formula is C12H18ClN3O4. The van der Waals surface area contributed by atoms with Crippen molar-refractivity contribution in [3.63, 3.8) is 0 Å². The molecule has 7 nitrogen and oxygen atoms in total. The van der Waals surface area contributed by atoms with Crippen LogP contribution in [-0.2, 0) is 20.7 Å². The molecule has 0 saturated carbocycles. The van der Waals surface area contributed by atoms with Gasteiger partial charge < -0.3 is 14.8 Å². The van der Waals surface area contributed by atoms with Crippen LogP contribution in [0.25, 0.3) is 0 Å². The Bertz CT molecular complexity index is 442. The fraction of sp³-hybridized carbons (Fsp3) is 0.583. The van der Waals surface area contributed by atoms with Gasteiger partial charge in [-0.1, -0.05) is 11.6 Å². The normalized spacial score (nSPS) is 12.6. The number of ether oxygens (including phenoxy) is 2. The number of hydrogen-bond donors (Lipinski definition) is 2. The van der Waals surface area contributed by atoms with Gasteiger partial charge in [0.2, 0.25) is 0 Å². The number of carbonyl (C=O) groups is 2. The number of carbonyl (C=O) groups excluding carboxylic acids is 2. The average molecular weight is 304 g/mol. The van der Waals surface area contributed by atoms with Gasteiger partial charge in [-0.25, -0.2) is 9.59 Å². The van der Waals surface area contributed by atoms with E-state index < -0.39 is 23.7 Å². The second kappa shape index (κ2) is 7.14. The fourth-order valence-electron chi connectivity index (χ4n) is 1.42. The third kappa shape index (κ3) is 5.92. The largest absolute Gasteiger partial charge is 0.448 e. The van der Waals surface area contributed by atoms with E-state index in [1.165, 1.54) is 0 Å². The van der Waals surface area contributed by atoms with E-state index in [0.717, 1.165) is 0 Å². The molecule has 0 radical (unpaired) electrons. The summed E-state index contributed by atoms with van der Waals surface area (Å²) in [7, 11) is 0. The first-order valence-electron chi connectivity index (χ1n) is 6.02. The van der Waals surface area contributed by atoms with Crippen LogP contribution >= 0.6 is 11.6 Å². The Labute approximate surface area is 122 Å². The number of aromatic amines is 1. The van der Waals surface area contributed by atoms with Gasteiger partial charge in [-0.3, -0.25) is 5.10 Å². The molecule has 1 heterocycles. The van der Waals surface area contributed by atoms with E-state index in [4.69, 9.17) is 21.1 Å². The maximum atomic E-state index is 11.8. The Kier molecular flexibility index (Phi) is 5.82. The minimum Gasteiger partial charge on any atom is -0.448 e. The highest BCUT2D eigenvalue weighted by molar-refractivity contribution is 6.17. The average Bonchev–Trinajstić information content (AvgIpc) is 2.78. The molecule has 8 heteroatoms. The molecule has 20 heavy (non-hydrogen) atoms. The van der Waals surface area contributed by atoms with Gasteiger partial charge in [0, 0.05) is 18.3 Å². The van der Waals surface area contributed by atoms with Crippen molar-refractivity contribution in [1.29, 1.82) is 0 Å². The van der Waals surface area contributed by atoms with Gasteiger partial charge in [0.1, 0.15) is 11.6 Å². The predicted molar refractivity (Wildman–Crippen MR) is 72.3 cm³/mol. The maximum Gasteiger partial charge on any atom is 0.408 e. The highest BCUT2D eigenvalue weighted by atomic mass is 35.5. The van der Waals surface area contributed by atoms with Crippen molar-refractivity contribution in [2.75, 3.05) is 6.07 Å². The Hall–Kier alpha value is -1.76. The molecule has 2 N–H and O–H groups in total. The van der Waals surface area contributed by atoms with E-state index in [1.807, 2.05) is 0 Å². The first-order chi connectivity index (χ1) is 9.31. The lowest BCUT2D eigenvalue weighted by molar-refractivity contribution is -0.144. The van der Waals surface area contributed by atoms with Gasteiger partial charge in [-0.2, -0.15) is 5.10 Å². The summed E-state index contributed by atoms with van der Waals surface area (Å²) in [6, 6.07) is 0.510. The number of rotatable bonds is 5. The zero-order chi connectivity index (χ0) is 15.2. The maximum absolute atomic E-state index is 11.8. The molecule has 0 bridgehead atoms. The Morgan fingerprint density at radius 2 is 2.20 bits per heavy atom. The molecule has 0 aromatic carbocycles. The van der Waals surface area contributed by atoms with Crippen LogP contribution in [0.5, 0.6) is 0 Å². The standard InChI is InChI=1S/C12H18ClN3O4/c1-12(2,3)20-11(18)15-9(10(17)19-7-13)6-8-4-5-14-16-8/h4-5,9H,6-7H2,1-3H3,(H,14,16)(H,15,18). The Balaban J connectivity index is 2.67. The van der Waals surface area contributed by atoms with Gasteiger partial charge in [0.25, 0.3) is 0 Å². The van der Waals surface area contributed by atoms with Crippen LogP contribution in [0.15, 0.2) is 12.3 Å². The Morgan fingerprint density at radius 3 is 2.70 bits per heavy atom. The fourth-order valence-corrected chi connectivity index (χ4v) is 1.52. The number of esters is 1. The van der Waals surface area contributed by atoms with Crippen molar-refractivity contribution in [3.8, 4) is 0 Å². The molecule has 112 valence electrons. The van der Waals surface area contributed by atoms with Crippen molar-refractivity contribution in [2.45, 2.75) is 38.8 Å². The van der Waals surface area contributed by atoms with Crippen LogP contribution < -0.4 is 5.32 Å². The molecular weight excluding hydrogens is 286 g/mol. The van der Waals surface area contributed by atoms with Gasteiger partial charge in [-0.05, 0) is 26.8 Å². The topological polar surface area (TPSA) is 93.3 Å². The number of alkyl halides is 1. The molecule has 1 amide bonds. The Morgan fingerprint density at radius 1 is 1.50 bits per heavy atom. The molecule has 0 fully saturated rings. The van der Waals surface area contributed by atoms with Crippen LogP contribution in [0.2, 0.25) is 0 Å². The summed E-state index contributed by atoms with van der Waals surface area (Å²) in [4.78, 5) is 23.5. The number of hydrogen-bond acceptors (Lipinski definition) is 5. The molecule has 1 atom stereocenters. The van der Waals surface area contributed by atoms with Gasteiger partial charge in [0.05, 0.1) is 0 Å². The third-order valence-corrected chi connectivity index (χ3v) is 2.26. The van der Waals surface area contributed by atoms with Crippen molar-refractivity contribution < 1.29 is 19.1 Å². The number of H-pyrrole nitrogens is 1. The monoisotopic (exact) mass is 303 g/mol. The SMILES string of the molecule is CC(C)(C)OC(=O)NC(Cc1ccn[nH]1)C(=O)OCCl. The highest BCUT2D eigenvalue weighted by Gasteiger charge is 2.26. The van der Waals surface area contributed by atoms with Crippen molar-refractivity contribution in [1.82, 2.24) is 15.5 Å². The third-order valence-electron chi connectivity index (χ3n) is 2.15. The first kappa shape index (κ1) is 16.3. The van der Waals surface area contributed by atoms with E-state index in [0.29, 0.717) is 5.69 Å². The zero-order valence-corrected chi connectivity index (χ0v) is 12.4. The summed E-state index contributed by atoms with van der Waals surface area (Å²) in [5.41, 5.74) is 0.0246. The van der Waals surface area contributed by atoms with E-state index in [9.17, 15) is 9.59 Å². The van der Waals surface area contributed by atoms with Crippen LogP contribution in [0.4, 0.5) is 4.79 Å². The van der Waals surface area contributed by atoms with Crippen molar-refractivity contribution in [3.05, 3.63) is 18.0 Å². The van der Waals surface area contributed by atoms with E-state index in [-0.39, 0.29) is 12.5 Å². The van der Waals surface area contributed by atoms with Crippen molar-refractivity contribution >= 4 is 23.7 Å². The van der Waals surface area contributed by atoms with E-state index in [2.05, 4.69) is 15.5 Å². The summed E-state index contributed by atoms with van der Waals surface area (Å²) >= 11 is 5.36. The van der Waals surface area contributed by atoms with Crippen molar-refractivity contribution in [2.24, 2.45) is 0 Å². The minimum atomic E-state index is -0.899. The van der Waals surface area contributed by atoms with Crippen LogP contribution in [-0.4, -0.2) is 40.0 Å². The molecule has 1 aromatic rings. The molecule has 0 saturated heterocycles. The van der Waals surface area contributed by atoms with Crippen LogP contribution in [0, 0.1) is 0 Å². The lowest BCUT2D eigenvalue weighted by atomic mass is 10.1. The summed E-state index contributed by atoms with van der Waals surface area (Å²) in [5, 5.41) is 8.93. The number of aromatic nitrogens is 2. The molecule has 1 unspecified atom stereocenters. The molecule has 1 rings (SSSR count). The highest BCUT2D eigenvalue weighted by Crippen LogP contribution is 2.08. The second-order valence-electron chi connectivity index (χ2n) is 5.06. The number of halogens is 1. The van der Waals surface area contributed by atoms with E-state index >= 15 is 0 Å². The summed E-state index contributed by atoms with van der Waals surface area (Å²) in [6.45, 7) is 5.19. The smallest absolute Gasteiger partial charge is 0.408 e. The molecule has 0 aliphatic rings. The second-order valence-corrected chi connectivity index (χ2v) is 5.28. The number of nitrogens with zero attached hydrogens (tertiary/aromatic N) is 1. The lowest BCUT2D eigenvalue weighted by Gasteiger charge is -2.22. The molecule has 0 spiro atoms. The van der Waals surface area contributed by atoms with Gasteiger partial charge in [-0.15, -0.1) is 0 Å². The summed E-state index contributed by atoms with van der Waals surface area (Å²) in [6.07, 6.45) is 1.05. The molecule has 0 aliphatic heterocycles. The lowest BCUT2D eigenvalue weighted by Crippen LogP contribution is -2.45. The number of nitrogens with one attached hydrogen (secondary N) is 2. The van der Waals surface area contributed by atoms with Gasteiger partial charge >= 0.3 is 12.1 Å². The molecule has 0 aliphatic carbocycles. The number of amides is 1. The van der Waals surface area contributed by atoms with Crippen LogP contribution in [0.1, 0.15) is 26.5 Å². The predicted octanol–water partition coefficient (Wildman–Crippen LogP) is 1.58.